The zero-order chi connectivity index (χ0) is 20.3. The molecule has 1 aliphatic heterocycles. The Balaban J connectivity index is 1.66. The molecule has 0 radical (unpaired) electrons. The fourth-order valence-corrected chi connectivity index (χ4v) is 3.90. The average Bonchev–Trinajstić information content (AvgIpc) is 2.69. The van der Waals surface area contributed by atoms with Gasteiger partial charge in [0, 0.05) is 42.5 Å². The lowest BCUT2D eigenvalue weighted by atomic mass is 9.87. The van der Waals surface area contributed by atoms with E-state index in [1.54, 1.807) is 6.92 Å². The number of benzene rings is 2. The van der Waals surface area contributed by atoms with E-state index in [0.29, 0.717) is 18.1 Å². The van der Waals surface area contributed by atoms with Gasteiger partial charge in [-0.25, -0.2) is 0 Å². The second kappa shape index (κ2) is 8.78. The molecule has 0 aliphatic carbocycles. The lowest BCUT2D eigenvalue weighted by molar-refractivity contribution is -0.134. The van der Waals surface area contributed by atoms with E-state index in [2.05, 4.69) is 18.7 Å². The zero-order valence-corrected chi connectivity index (χ0v) is 17.4. The lowest BCUT2D eigenvalue weighted by Crippen LogP contribution is -2.50. The molecule has 1 heterocycles. The number of halogens is 1. The van der Waals surface area contributed by atoms with Gasteiger partial charge >= 0.3 is 0 Å². The highest BCUT2D eigenvalue weighted by atomic mass is 35.5. The van der Waals surface area contributed by atoms with Crippen molar-refractivity contribution in [2.75, 3.05) is 31.1 Å². The van der Waals surface area contributed by atoms with Gasteiger partial charge in [-0.05, 0) is 54.8 Å². The molecule has 1 fully saturated rings. The Kier molecular flexibility index (Phi) is 6.40. The molecule has 0 saturated carbocycles. The second-order valence-electron chi connectivity index (χ2n) is 7.69. The molecule has 3 rings (SSSR count). The summed E-state index contributed by atoms with van der Waals surface area (Å²) < 4.78 is 0. The topological polar surface area (TPSA) is 40.6 Å². The molecular formula is C23H27ClN2O2. The van der Waals surface area contributed by atoms with Crippen molar-refractivity contribution in [1.29, 1.82) is 0 Å². The summed E-state index contributed by atoms with van der Waals surface area (Å²) in [6, 6.07) is 15.3. The first kappa shape index (κ1) is 20.4. The van der Waals surface area contributed by atoms with Gasteiger partial charge in [0.1, 0.15) is 0 Å². The van der Waals surface area contributed by atoms with Crippen molar-refractivity contribution in [2.45, 2.75) is 26.7 Å². The molecule has 1 aliphatic rings. The highest BCUT2D eigenvalue weighted by Crippen LogP contribution is 2.29. The Labute approximate surface area is 172 Å². The van der Waals surface area contributed by atoms with Crippen LogP contribution in [0.4, 0.5) is 5.69 Å². The van der Waals surface area contributed by atoms with Crippen LogP contribution in [0.3, 0.4) is 0 Å². The van der Waals surface area contributed by atoms with E-state index in [1.165, 1.54) is 0 Å². The number of nitrogens with zero attached hydrogens (tertiary/aromatic N) is 2. The molecule has 1 unspecified atom stereocenters. The fraction of sp³-hybridized carbons (Fsp3) is 0.391. The molecule has 0 spiro atoms. The third kappa shape index (κ3) is 4.56. The van der Waals surface area contributed by atoms with E-state index in [4.69, 9.17) is 11.6 Å². The predicted molar refractivity (Wildman–Crippen MR) is 114 cm³/mol. The largest absolute Gasteiger partial charge is 0.368 e. The minimum absolute atomic E-state index is 0.0730. The van der Waals surface area contributed by atoms with Crippen LogP contribution in [0.1, 0.15) is 42.6 Å². The first-order valence-electron chi connectivity index (χ1n) is 9.77. The van der Waals surface area contributed by atoms with Crippen LogP contribution in [0.25, 0.3) is 0 Å². The molecule has 2 aromatic rings. The number of hydrogen-bond acceptors (Lipinski definition) is 3. The van der Waals surface area contributed by atoms with Crippen LogP contribution >= 0.6 is 11.6 Å². The third-order valence-electron chi connectivity index (χ3n) is 5.39. The number of piperazine rings is 1. The molecule has 148 valence electrons. The van der Waals surface area contributed by atoms with Crippen LogP contribution < -0.4 is 4.90 Å². The number of amides is 1. The minimum atomic E-state index is -0.154. The van der Waals surface area contributed by atoms with E-state index < -0.39 is 0 Å². The maximum Gasteiger partial charge on any atom is 0.230 e. The Morgan fingerprint density at radius 2 is 1.46 bits per heavy atom. The summed E-state index contributed by atoms with van der Waals surface area (Å²) in [7, 11) is 0. The van der Waals surface area contributed by atoms with Gasteiger partial charge < -0.3 is 9.80 Å². The average molecular weight is 399 g/mol. The quantitative estimate of drug-likeness (QED) is 0.689. The van der Waals surface area contributed by atoms with E-state index in [1.807, 2.05) is 53.4 Å². The van der Waals surface area contributed by atoms with Gasteiger partial charge in [0.15, 0.2) is 5.78 Å². The highest BCUT2D eigenvalue weighted by molar-refractivity contribution is 6.30. The van der Waals surface area contributed by atoms with Crippen molar-refractivity contribution in [3.63, 3.8) is 0 Å². The molecule has 2 aromatic carbocycles. The van der Waals surface area contributed by atoms with E-state index in [0.717, 1.165) is 29.9 Å². The third-order valence-corrected chi connectivity index (χ3v) is 5.64. The fourth-order valence-electron chi connectivity index (χ4n) is 3.77. The lowest BCUT2D eigenvalue weighted by Gasteiger charge is -2.38. The van der Waals surface area contributed by atoms with Gasteiger partial charge in [0.2, 0.25) is 5.91 Å². The van der Waals surface area contributed by atoms with Crippen LogP contribution in [0.2, 0.25) is 5.02 Å². The summed E-state index contributed by atoms with van der Waals surface area (Å²) in [6.45, 7) is 8.72. The number of anilines is 1. The minimum Gasteiger partial charge on any atom is -0.368 e. The van der Waals surface area contributed by atoms with Gasteiger partial charge in [-0.2, -0.15) is 0 Å². The predicted octanol–water partition coefficient (Wildman–Crippen LogP) is 4.63. The molecule has 0 N–H and O–H groups in total. The van der Waals surface area contributed by atoms with Crippen LogP contribution in [0.15, 0.2) is 48.5 Å². The van der Waals surface area contributed by atoms with Crippen LogP contribution in [-0.4, -0.2) is 42.8 Å². The van der Waals surface area contributed by atoms with Crippen LogP contribution in [0.5, 0.6) is 0 Å². The molecule has 1 saturated heterocycles. The molecule has 4 nitrogen and oxygen atoms in total. The number of ketones is 1. The van der Waals surface area contributed by atoms with E-state index >= 15 is 0 Å². The number of hydrogen-bond donors (Lipinski definition) is 0. The summed E-state index contributed by atoms with van der Waals surface area (Å²) in [6.07, 6.45) is 0. The maximum atomic E-state index is 13.2. The van der Waals surface area contributed by atoms with Crippen molar-refractivity contribution in [3.05, 3.63) is 64.7 Å². The number of rotatable bonds is 5. The van der Waals surface area contributed by atoms with Gasteiger partial charge in [-0.3, -0.25) is 9.59 Å². The van der Waals surface area contributed by atoms with Gasteiger partial charge in [-0.1, -0.05) is 37.6 Å². The molecule has 0 bridgehead atoms. The van der Waals surface area contributed by atoms with Gasteiger partial charge in [0.05, 0.1) is 5.92 Å². The van der Waals surface area contributed by atoms with Gasteiger partial charge in [-0.15, -0.1) is 0 Å². The molecule has 5 heteroatoms. The summed E-state index contributed by atoms with van der Waals surface area (Å²) in [5.74, 6) is 0.317. The number of Topliss-reactive ketones (excluding diaryl/α,β-unsaturated/α-hetero) is 1. The Morgan fingerprint density at radius 1 is 0.893 bits per heavy atom. The Hall–Kier alpha value is -2.33. The SMILES string of the molecule is CC(=O)c1ccc(N2CCN(C(=O)C(c3ccc(Cl)cc3)C(C)C)CC2)cc1. The summed E-state index contributed by atoms with van der Waals surface area (Å²) in [5, 5.41) is 0.683. The van der Waals surface area contributed by atoms with Crippen molar-refractivity contribution < 1.29 is 9.59 Å². The highest BCUT2D eigenvalue weighted by Gasteiger charge is 2.30. The van der Waals surface area contributed by atoms with Crippen molar-refractivity contribution in [3.8, 4) is 0 Å². The van der Waals surface area contributed by atoms with Crippen molar-refractivity contribution in [2.24, 2.45) is 5.92 Å². The maximum absolute atomic E-state index is 13.2. The Morgan fingerprint density at radius 3 is 1.96 bits per heavy atom. The van der Waals surface area contributed by atoms with E-state index in [-0.39, 0.29) is 23.5 Å². The second-order valence-corrected chi connectivity index (χ2v) is 8.13. The summed E-state index contributed by atoms with van der Waals surface area (Å²) >= 11 is 6.01. The standard InChI is InChI=1S/C23H27ClN2O2/c1-16(2)22(19-4-8-20(24)9-5-19)23(28)26-14-12-25(13-15-26)21-10-6-18(7-11-21)17(3)27/h4-11,16,22H,12-15H2,1-3H3. The monoisotopic (exact) mass is 398 g/mol. The summed E-state index contributed by atoms with van der Waals surface area (Å²) in [5.41, 5.74) is 2.84. The first-order chi connectivity index (χ1) is 13.4. The molecule has 1 atom stereocenters. The smallest absolute Gasteiger partial charge is 0.230 e. The number of carbonyl (C=O) groups excluding carboxylic acids is 2. The van der Waals surface area contributed by atoms with Crippen LogP contribution in [0, 0.1) is 5.92 Å². The number of carbonyl (C=O) groups is 2. The molecule has 28 heavy (non-hydrogen) atoms. The molecular weight excluding hydrogens is 372 g/mol. The zero-order valence-electron chi connectivity index (χ0n) is 16.7. The molecule has 1 amide bonds. The summed E-state index contributed by atoms with van der Waals surface area (Å²) in [4.78, 5) is 28.9. The van der Waals surface area contributed by atoms with Crippen molar-refractivity contribution >= 4 is 29.0 Å². The van der Waals surface area contributed by atoms with Gasteiger partial charge in [0.25, 0.3) is 0 Å². The Bertz CT molecular complexity index is 823. The van der Waals surface area contributed by atoms with Crippen LogP contribution in [-0.2, 0) is 4.79 Å². The van der Waals surface area contributed by atoms with Crippen molar-refractivity contribution in [1.82, 2.24) is 4.90 Å². The first-order valence-corrected chi connectivity index (χ1v) is 10.1. The molecule has 0 aromatic heterocycles. The van der Waals surface area contributed by atoms with E-state index in [9.17, 15) is 9.59 Å². The normalized spacial score (nSPS) is 15.6.